The van der Waals surface area contributed by atoms with E-state index >= 15 is 0 Å². The van der Waals surface area contributed by atoms with Crippen molar-refractivity contribution in [2.45, 2.75) is 18.9 Å². The van der Waals surface area contributed by atoms with E-state index in [1.54, 1.807) is 6.07 Å². The van der Waals surface area contributed by atoms with Gasteiger partial charge in [0.15, 0.2) is 0 Å². The number of ether oxygens (including phenoxy) is 1. The topological polar surface area (TPSA) is 35.2 Å². The van der Waals surface area contributed by atoms with Crippen LogP contribution in [-0.4, -0.2) is 19.3 Å². The molecule has 3 heteroatoms. The van der Waals surface area contributed by atoms with Crippen molar-refractivity contribution < 1.29 is 9.13 Å². The van der Waals surface area contributed by atoms with Gasteiger partial charge in [-0.05, 0) is 24.5 Å². The quantitative estimate of drug-likeness (QED) is 0.805. The van der Waals surface area contributed by atoms with Crippen LogP contribution in [-0.2, 0) is 11.2 Å². The molecule has 1 aliphatic rings. The minimum Gasteiger partial charge on any atom is -0.381 e. The Morgan fingerprint density at radius 1 is 1.40 bits per heavy atom. The van der Waals surface area contributed by atoms with Crippen molar-refractivity contribution in [2.75, 3.05) is 13.2 Å². The largest absolute Gasteiger partial charge is 0.381 e. The zero-order valence-electron chi connectivity index (χ0n) is 8.66. The van der Waals surface area contributed by atoms with Crippen molar-refractivity contribution in [1.82, 2.24) is 0 Å². The van der Waals surface area contributed by atoms with Crippen LogP contribution in [0, 0.1) is 11.7 Å². The van der Waals surface area contributed by atoms with Crippen LogP contribution in [0.4, 0.5) is 4.39 Å². The molecule has 0 bridgehead atoms. The average Bonchev–Trinajstić information content (AvgIpc) is 2.24. The Labute approximate surface area is 89.2 Å². The summed E-state index contributed by atoms with van der Waals surface area (Å²) in [6.45, 7) is 1.38. The molecule has 0 radical (unpaired) electrons. The molecule has 1 aliphatic heterocycles. The van der Waals surface area contributed by atoms with Crippen LogP contribution in [0.25, 0.3) is 0 Å². The molecule has 0 amide bonds. The molecular weight excluding hydrogens is 193 g/mol. The normalized spacial score (nSPS) is 26.5. The summed E-state index contributed by atoms with van der Waals surface area (Å²) in [6, 6.07) is 7.00. The van der Waals surface area contributed by atoms with Gasteiger partial charge in [-0.2, -0.15) is 0 Å². The molecule has 2 N–H and O–H groups in total. The molecule has 2 atom stereocenters. The number of rotatable bonds is 2. The van der Waals surface area contributed by atoms with Gasteiger partial charge in [-0.3, -0.25) is 0 Å². The summed E-state index contributed by atoms with van der Waals surface area (Å²) in [7, 11) is 0. The van der Waals surface area contributed by atoms with Crippen molar-refractivity contribution in [2.24, 2.45) is 11.7 Å². The van der Waals surface area contributed by atoms with Gasteiger partial charge in [0.2, 0.25) is 0 Å². The maximum atomic E-state index is 13.4. The Balaban J connectivity index is 2.04. The van der Waals surface area contributed by atoms with Crippen molar-refractivity contribution in [3.63, 3.8) is 0 Å². The second-order valence-electron chi connectivity index (χ2n) is 4.08. The van der Waals surface area contributed by atoms with Gasteiger partial charge < -0.3 is 10.5 Å². The van der Waals surface area contributed by atoms with Crippen molar-refractivity contribution in [3.8, 4) is 0 Å². The number of benzene rings is 1. The highest BCUT2D eigenvalue weighted by Crippen LogP contribution is 2.19. The van der Waals surface area contributed by atoms with Gasteiger partial charge in [0.05, 0.1) is 6.61 Å². The molecule has 15 heavy (non-hydrogen) atoms. The van der Waals surface area contributed by atoms with E-state index in [1.807, 2.05) is 12.1 Å². The van der Waals surface area contributed by atoms with Gasteiger partial charge in [0.1, 0.15) is 5.82 Å². The smallest absolute Gasteiger partial charge is 0.126 e. The molecule has 0 unspecified atom stereocenters. The van der Waals surface area contributed by atoms with Crippen LogP contribution in [0.2, 0.25) is 0 Å². The van der Waals surface area contributed by atoms with E-state index in [-0.39, 0.29) is 17.8 Å². The predicted molar refractivity (Wildman–Crippen MR) is 57.0 cm³/mol. The summed E-state index contributed by atoms with van der Waals surface area (Å²) in [4.78, 5) is 0. The number of hydrogen-bond donors (Lipinski definition) is 1. The molecule has 1 aromatic rings. The van der Waals surface area contributed by atoms with Crippen molar-refractivity contribution in [1.29, 1.82) is 0 Å². The molecule has 0 saturated carbocycles. The van der Waals surface area contributed by atoms with Crippen molar-refractivity contribution >= 4 is 0 Å². The molecule has 1 heterocycles. The van der Waals surface area contributed by atoms with Crippen LogP contribution in [0.15, 0.2) is 24.3 Å². The lowest BCUT2D eigenvalue weighted by molar-refractivity contribution is 0.0419. The first-order valence-electron chi connectivity index (χ1n) is 5.34. The third-order valence-corrected chi connectivity index (χ3v) is 2.97. The minimum atomic E-state index is -0.143. The average molecular weight is 209 g/mol. The Morgan fingerprint density at radius 2 is 2.20 bits per heavy atom. The molecule has 2 nitrogen and oxygen atoms in total. The van der Waals surface area contributed by atoms with E-state index < -0.39 is 0 Å². The van der Waals surface area contributed by atoms with E-state index in [0.29, 0.717) is 13.0 Å². The zero-order valence-corrected chi connectivity index (χ0v) is 8.66. The fraction of sp³-hybridized carbons (Fsp3) is 0.500. The highest BCUT2D eigenvalue weighted by atomic mass is 19.1. The number of hydrogen-bond acceptors (Lipinski definition) is 2. The highest BCUT2D eigenvalue weighted by molar-refractivity contribution is 5.18. The Morgan fingerprint density at radius 3 is 2.93 bits per heavy atom. The maximum absolute atomic E-state index is 13.4. The monoisotopic (exact) mass is 209 g/mol. The summed E-state index contributed by atoms with van der Waals surface area (Å²) >= 11 is 0. The third-order valence-electron chi connectivity index (χ3n) is 2.97. The van der Waals surface area contributed by atoms with Crippen LogP contribution < -0.4 is 5.73 Å². The lowest BCUT2D eigenvalue weighted by Gasteiger charge is -2.28. The van der Waals surface area contributed by atoms with Crippen LogP contribution in [0.3, 0.4) is 0 Å². The first-order valence-corrected chi connectivity index (χ1v) is 5.34. The van der Waals surface area contributed by atoms with Gasteiger partial charge in [0, 0.05) is 18.6 Å². The lowest BCUT2D eigenvalue weighted by atomic mass is 9.90. The molecule has 1 fully saturated rings. The van der Waals surface area contributed by atoms with E-state index in [4.69, 9.17) is 10.5 Å². The molecule has 0 spiro atoms. The standard InChI is InChI=1S/C12H16FNO/c13-11-4-2-1-3-9(11)7-10-8-15-6-5-12(10)14/h1-4,10,12H,5-8,14H2/t10-,12-/m0/s1. The van der Waals surface area contributed by atoms with Crippen molar-refractivity contribution in [3.05, 3.63) is 35.6 Å². The van der Waals surface area contributed by atoms with E-state index in [9.17, 15) is 4.39 Å². The predicted octanol–water partition coefficient (Wildman–Crippen LogP) is 1.73. The summed E-state index contributed by atoms with van der Waals surface area (Å²) in [6.07, 6.45) is 1.55. The number of nitrogens with two attached hydrogens (primary N) is 1. The van der Waals surface area contributed by atoms with E-state index in [2.05, 4.69) is 0 Å². The zero-order chi connectivity index (χ0) is 10.7. The van der Waals surface area contributed by atoms with Gasteiger partial charge in [-0.1, -0.05) is 18.2 Å². The molecular formula is C12H16FNO. The molecule has 1 aromatic carbocycles. The summed E-state index contributed by atoms with van der Waals surface area (Å²) in [5.74, 6) is 0.103. The van der Waals surface area contributed by atoms with E-state index in [0.717, 1.165) is 18.6 Å². The summed E-state index contributed by atoms with van der Waals surface area (Å²) in [5.41, 5.74) is 6.71. The maximum Gasteiger partial charge on any atom is 0.126 e. The third kappa shape index (κ3) is 2.55. The molecule has 1 saturated heterocycles. The first-order chi connectivity index (χ1) is 7.27. The summed E-state index contributed by atoms with van der Waals surface area (Å²) < 4.78 is 18.8. The van der Waals surface area contributed by atoms with Crippen LogP contribution in [0.1, 0.15) is 12.0 Å². The molecule has 2 rings (SSSR count). The van der Waals surface area contributed by atoms with Gasteiger partial charge in [-0.15, -0.1) is 0 Å². The first kappa shape index (κ1) is 10.6. The van der Waals surface area contributed by atoms with Gasteiger partial charge in [0.25, 0.3) is 0 Å². The molecule has 0 aromatic heterocycles. The van der Waals surface area contributed by atoms with Gasteiger partial charge in [-0.25, -0.2) is 4.39 Å². The minimum absolute atomic E-state index is 0.137. The Kier molecular flexibility index (Phi) is 3.34. The second-order valence-corrected chi connectivity index (χ2v) is 4.08. The van der Waals surface area contributed by atoms with Crippen LogP contribution >= 0.6 is 0 Å². The van der Waals surface area contributed by atoms with Crippen LogP contribution in [0.5, 0.6) is 0 Å². The number of halogens is 1. The fourth-order valence-corrected chi connectivity index (χ4v) is 1.97. The highest BCUT2D eigenvalue weighted by Gasteiger charge is 2.23. The fourth-order valence-electron chi connectivity index (χ4n) is 1.97. The SMILES string of the molecule is N[C@H]1CCOC[C@@H]1Cc1ccccc1F. The molecule has 82 valence electrons. The van der Waals surface area contributed by atoms with Gasteiger partial charge >= 0.3 is 0 Å². The Hall–Kier alpha value is -0.930. The Bertz CT molecular complexity index is 329. The second kappa shape index (κ2) is 4.73. The summed E-state index contributed by atoms with van der Waals surface area (Å²) in [5, 5.41) is 0. The van der Waals surface area contributed by atoms with E-state index in [1.165, 1.54) is 6.07 Å². The molecule has 0 aliphatic carbocycles. The lowest BCUT2D eigenvalue weighted by Crippen LogP contribution is -2.39.